The lowest BCUT2D eigenvalue weighted by atomic mass is 10.2. The Bertz CT molecular complexity index is 365. The standard InChI is InChI=1S/C12H16O5/c1-5-10(9(4)13)12(15)17-7-6-16-11(14)8(2)3/h5H,2,6-7H2,1,3-4H3/b10-5+. The first-order chi connectivity index (χ1) is 7.90. The van der Waals surface area contributed by atoms with E-state index in [4.69, 9.17) is 9.47 Å². The fourth-order valence-corrected chi connectivity index (χ4v) is 0.935. The second-order valence-electron chi connectivity index (χ2n) is 3.31. The van der Waals surface area contributed by atoms with Gasteiger partial charge >= 0.3 is 11.9 Å². The molecule has 17 heavy (non-hydrogen) atoms. The van der Waals surface area contributed by atoms with Crippen molar-refractivity contribution in [1.82, 2.24) is 0 Å². The van der Waals surface area contributed by atoms with Gasteiger partial charge in [0.25, 0.3) is 0 Å². The van der Waals surface area contributed by atoms with Gasteiger partial charge in [0, 0.05) is 5.57 Å². The van der Waals surface area contributed by atoms with Gasteiger partial charge in [-0.3, -0.25) is 4.79 Å². The van der Waals surface area contributed by atoms with Crippen LogP contribution in [0.2, 0.25) is 0 Å². The van der Waals surface area contributed by atoms with Crippen molar-refractivity contribution >= 4 is 17.7 Å². The van der Waals surface area contributed by atoms with Crippen molar-refractivity contribution in [3.8, 4) is 0 Å². The molecule has 0 spiro atoms. The first kappa shape index (κ1) is 15.1. The minimum absolute atomic E-state index is 0.0174. The van der Waals surface area contributed by atoms with Crippen LogP contribution in [0.5, 0.6) is 0 Å². The molecule has 0 rings (SSSR count). The summed E-state index contributed by atoms with van der Waals surface area (Å²) in [6.07, 6.45) is 1.38. The molecule has 0 aromatic rings. The SMILES string of the molecule is C=C(C)C(=O)OCCOC(=O)/C(=C/C)C(C)=O. The Morgan fingerprint density at radius 2 is 1.53 bits per heavy atom. The molecule has 0 aliphatic rings. The summed E-state index contributed by atoms with van der Waals surface area (Å²) in [6.45, 7) is 7.60. The van der Waals surface area contributed by atoms with Gasteiger partial charge in [0.1, 0.15) is 13.2 Å². The van der Waals surface area contributed by atoms with Crippen LogP contribution < -0.4 is 0 Å². The molecule has 5 nitrogen and oxygen atoms in total. The maximum Gasteiger partial charge on any atom is 0.341 e. The molecule has 5 heteroatoms. The normalized spacial score (nSPS) is 10.6. The lowest BCUT2D eigenvalue weighted by molar-refractivity contribution is -0.148. The van der Waals surface area contributed by atoms with Crippen LogP contribution in [-0.4, -0.2) is 30.9 Å². The van der Waals surface area contributed by atoms with Crippen molar-refractivity contribution in [3.63, 3.8) is 0 Å². The average molecular weight is 240 g/mol. The van der Waals surface area contributed by atoms with Crippen molar-refractivity contribution in [2.45, 2.75) is 20.8 Å². The van der Waals surface area contributed by atoms with Crippen LogP contribution in [0.1, 0.15) is 20.8 Å². The van der Waals surface area contributed by atoms with E-state index < -0.39 is 11.9 Å². The highest BCUT2D eigenvalue weighted by molar-refractivity contribution is 6.16. The number of carbonyl (C=O) groups is 3. The first-order valence-corrected chi connectivity index (χ1v) is 5.07. The van der Waals surface area contributed by atoms with Gasteiger partial charge in [-0.25, -0.2) is 9.59 Å². The molecule has 0 aliphatic carbocycles. The fourth-order valence-electron chi connectivity index (χ4n) is 0.935. The molecule has 0 saturated heterocycles. The van der Waals surface area contributed by atoms with E-state index in [1.807, 2.05) is 0 Å². The van der Waals surface area contributed by atoms with Crippen LogP contribution in [-0.2, 0) is 23.9 Å². The van der Waals surface area contributed by atoms with Gasteiger partial charge in [-0.1, -0.05) is 12.7 Å². The Labute approximate surface area is 100 Å². The summed E-state index contributed by atoms with van der Waals surface area (Å²) in [6, 6.07) is 0. The molecule has 0 N–H and O–H groups in total. The Balaban J connectivity index is 3.99. The van der Waals surface area contributed by atoms with Gasteiger partial charge < -0.3 is 9.47 Å². The van der Waals surface area contributed by atoms with Crippen molar-refractivity contribution in [2.24, 2.45) is 0 Å². The van der Waals surface area contributed by atoms with E-state index in [-0.39, 0.29) is 30.1 Å². The number of carbonyl (C=O) groups excluding carboxylic acids is 3. The largest absolute Gasteiger partial charge is 0.459 e. The fraction of sp³-hybridized carbons (Fsp3) is 0.417. The molecule has 0 aromatic heterocycles. The number of ether oxygens (including phenoxy) is 2. The summed E-state index contributed by atoms with van der Waals surface area (Å²) >= 11 is 0. The Morgan fingerprint density at radius 3 is 1.88 bits per heavy atom. The smallest absolute Gasteiger partial charge is 0.341 e. The van der Waals surface area contributed by atoms with Gasteiger partial charge in [0.05, 0.1) is 5.57 Å². The minimum atomic E-state index is -0.716. The molecule has 0 fully saturated rings. The van der Waals surface area contributed by atoms with Gasteiger partial charge in [-0.05, 0) is 20.8 Å². The average Bonchev–Trinajstić information content (AvgIpc) is 2.24. The van der Waals surface area contributed by atoms with E-state index in [0.717, 1.165) is 0 Å². The third kappa shape index (κ3) is 5.65. The Morgan fingerprint density at radius 1 is 1.06 bits per heavy atom. The molecular weight excluding hydrogens is 224 g/mol. The summed E-state index contributed by atoms with van der Waals surface area (Å²) in [7, 11) is 0. The Kier molecular flexibility index (Phi) is 6.55. The monoisotopic (exact) mass is 240 g/mol. The highest BCUT2D eigenvalue weighted by Gasteiger charge is 2.14. The van der Waals surface area contributed by atoms with Crippen LogP contribution in [0.4, 0.5) is 0 Å². The number of ketones is 1. The van der Waals surface area contributed by atoms with E-state index in [2.05, 4.69) is 6.58 Å². The predicted octanol–water partition coefficient (Wildman–Crippen LogP) is 1.18. The first-order valence-electron chi connectivity index (χ1n) is 5.07. The number of allylic oxidation sites excluding steroid dienone is 1. The van der Waals surface area contributed by atoms with Crippen LogP contribution in [0.15, 0.2) is 23.8 Å². The molecule has 0 saturated carbocycles. The molecule has 0 amide bonds. The summed E-state index contributed by atoms with van der Waals surface area (Å²) in [5.74, 6) is -1.62. The summed E-state index contributed by atoms with van der Waals surface area (Å²) in [5, 5.41) is 0. The molecule has 0 aliphatic heterocycles. The van der Waals surface area contributed by atoms with Gasteiger partial charge in [-0.2, -0.15) is 0 Å². The summed E-state index contributed by atoms with van der Waals surface area (Å²) in [5.41, 5.74) is 0.255. The van der Waals surface area contributed by atoms with Crippen LogP contribution >= 0.6 is 0 Å². The van der Waals surface area contributed by atoms with Crippen LogP contribution in [0.3, 0.4) is 0 Å². The van der Waals surface area contributed by atoms with Crippen LogP contribution in [0, 0.1) is 0 Å². The number of hydrogen-bond acceptors (Lipinski definition) is 5. The highest BCUT2D eigenvalue weighted by Crippen LogP contribution is 2.00. The van der Waals surface area contributed by atoms with E-state index in [1.54, 1.807) is 6.92 Å². The van der Waals surface area contributed by atoms with Gasteiger partial charge in [0.15, 0.2) is 5.78 Å². The van der Waals surface area contributed by atoms with Gasteiger partial charge in [0.2, 0.25) is 0 Å². The molecule has 0 aromatic carbocycles. The third-order valence-electron chi connectivity index (χ3n) is 1.79. The molecule has 0 radical (unpaired) electrons. The number of rotatable bonds is 6. The van der Waals surface area contributed by atoms with Crippen molar-refractivity contribution in [2.75, 3.05) is 13.2 Å². The van der Waals surface area contributed by atoms with E-state index in [9.17, 15) is 14.4 Å². The summed E-state index contributed by atoms with van der Waals surface area (Å²) < 4.78 is 9.46. The number of hydrogen-bond donors (Lipinski definition) is 0. The summed E-state index contributed by atoms with van der Waals surface area (Å²) in [4.78, 5) is 33.3. The topological polar surface area (TPSA) is 69.7 Å². The lowest BCUT2D eigenvalue weighted by Crippen LogP contribution is -2.18. The van der Waals surface area contributed by atoms with E-state index in [1.165, 1.54) is 19.9 Å². The third-order valence-corrected chi connectivity index (χ3v) is 1.79. The maximum atomic E-state index is 11.3. The molecule has 0 atom stereocenters. The second kappa shape index (κ2) is 7.38. The van der Waals surface area contributed by atoms with Crippen LogP contribution in [0.25, 0.3) is 0 Å². The highest BCUT2D eigenvalue weighted by atomic mass is 16.6. The Hall–Kier alpha value is -1.91. The lowest BCUT2D eigenvalue weighted by Gasteiger charge is -2.06. The zero-order valence-corrected chi connectivity index (χ0v) is 10.2. The molecular formula is C12H16O5. The number of esters is 2. The van der Waals surface area contributed by atoms with Gasteiger partial charge in [-0.15, -0.1) is 0 Å². The van der Waals surface area contributed by atoms with Crippen molar-refractivity contribution in [1.29, 1.82) is 0 Å². The van der Waals surface area contributed by atoms with Crippen molar-refractivity contribution < 1.29 is 23.9 Å². The quantitative estimate of drug-likeness (QED) is 0.229. The zero-order valence-electron chi connectivity index (χ0n) is 10.2. The van der Waals surface area contributed by atoms with E-state index in [0.29, 0.717) is 0 Å². The predicted molar refractivity (Wildman–Crippen MR) is 61.2 cm³/mol. The number of Topliss-reactive ketones (excluding diaryl/α,β-unsaturated/α-hetero) is 1. The molecule has 0 unspecified atom stereocenters. The van der Waals surface area contributed by atoms with Crippen molar-refractivity contribution in [3.05, 3.63) is 23.8 Å². The second-order valence-corrected chi connectivity index (χ2v) is 3.31. The zero-order chi connectivity index (χ0) is 13.4. The molecule has 0 bridgehead atoms. The molecule has 94 valence electrons. The molecule has 0 heterocycles. The van der Waals surface area contributed by atoms with E-state index >= 15 is 0 Å². The minimum Gasteiger partial charge on any atom is -0.459 e. The maximum absolute atomic E-state index is 11.3.